The first-order chi connectivity index (χ1) is 9.21. The molecule has 1 amide bonds. The van der Waals surface area contributed by atoms with Gasteiger partial charge in [0.2, 0.25) is 0 Å². The molecule has 1 aliphatic carbocycles. The van der Waals surface area contributed by atoms with Crippen molar-refractivity contribution in [3.05, 3.63) is 16.3 Å². The molecule has 0 atom stereocenters. The lowest BCUT2D eigenvalue weighted by molar-refractivity contribution is 0.0904. The normalized spacial score (nSPS) is 17.5. The predicted molar refractivity (Wildman–Crippen MR) is 77.6 cm³/mol. The van der Waals surface area contributed by atoms with E-state index in [1.165, 1.54) is 17.8 Å². The van der Waals surface area contributed by atoms with Gasteiger partial charge in [0.1, 0.15) is 16.2 Å². The van der Waals surface area contributed by atoms with Crippen LogP contribution in [0.5, 0.6) is 5.75 Å². The van der Waals surface area contributed by atoms with E-state index in [-0.39, 0.29) is 5.91 Å². The molecule has 1 heterocycles. The zero-order valence-electron chi connectivity index (χ0n) is 11.2. The van der Waals surface area contributed by atoms with Crippen molar-refractivity contribution in [1.29, 1.82) is 0 Å². The highest BCUT2D eigenvalue weighted by atomic mass is 32.1. The van der Waals surface area contributed by atoms with Crippen LogP contribution < -0.4 is 10.1 Å². The maximum absolute atomic E-state index is 12.4. The third-order valence-electron chi connectivity index (χ3n) is 3.47. The molecule has 0 radical (unpaired) electrons. The van der Waals surface area contributed by atoms with Crippen molar-refractivity contribution in [3.8, 4) is 18.1 Å². The molecule has 0 bridgehead atoms. The number of carbonyl (C=O) groups is 1. The molecule has 0 saturated heterocycles. The van der Waals surface area contributed by atoms with E-state index in [2.05, 4.69) is 11.2 Å². The summed E-state index contributed by atoms with van der Waals surface area (Å²) in [6.45, 7) is 2.46. The fourth-order valence-electron chi connectivity index (χ4n) is 2.47. The summed E-state index contributed by atoms with van der Waals surface area (Å²) in [5.41, 5.74) is -0.469. The molecule has 19 heavy (non-hydrogen) atoms. The summed E-state index contributed by atoms with van der Waals surface area (Å²) in [6, 6.07) is 1.83. The molecule has 1 saturated carbocycles. The van der Waals surface area contributed by atoms with Gasteiger partial charge in [0.15, 0.2) is 0 Å². The summed E-state index contributed by atoms with van der Waals surface area (Å²) in [4.78, 5) is 13.0. The van der Waals surface area contributed by atoms with E-state index in [9.17, 15) is 4.79 Å². The molecule has 1 N–H and O–H groups in total. The second-order valence-corrected chi connectivity index (χ2v) is 5.70. The second-order valence-electron chi connectivity index (χ2n) is 4.79. The van der Waals surface area contributed by atoms with Crippen LogP contribution in [0.2, 0.25) is 0 Å². The first-order valence-electron chi connectivity index (χ1n) is 6.71. The van der Waals surface area contributed by atoms with E-state index < -0.39 is 5.54 Å². The summed E-state index contributed by atoms with van der Waals surface area (Å²) in [5.74, 6) is 3.33. The van der Waals surface area contributed by atoms with Crippen molar-refractivity contribution in [1.82, 2.24) is 5.32 Å². The maximum Gasteiger partial charge on any atom is 0.266 e. The van der Waals surface area contributed by atoms with E-state index in [1.54, 1.807) is 0 Å². The van der Waals surface area contributed by atoms with Gasteiger partial charge in [-0.05, 0) is 31.2 Å². The Morgan fingerprint density at radius 1 is 1.53 bits per heavy atom. The molecule has 2 rings (SSSR count). The third-order valence-corrected chi connectivity index (χ3v) is 4.37. The SMILES string of the molecule is C#CC1(NC(=O)c2sccc2OCC)CCCCC1. The van der Waals surface area contributed by atoms with E-state index in [0.717, 1.165) is 25.7 Å². The monoisotopic (exact) mass is 277 g/mol. The molecule has 0 unspecified atom stereocenters. The Labute approximate surface area is 118 Å². The quantitative estimate of drug-likeness (QED) is 0.858. The first-order valence-corrected chi connectivity index (χ1v) is 7.59. The fraction of sp³-hybridized carbons (Fsp3) is 0.533. The third kappa shape index (κ3) is 3.10. The van der Waals surface area contributed by atoms with E-state index >= 15 is 0 Å². The minimum absolute atomic E-state index is 0.113. The molecule has 3 nitrogen and oxygen atoms in total. The van der Waals surface area contributed by atoms with Gasteiger partial charge in [-0.15, -0.1) is 17.8 Å². The van der Waals surface area contributed by atoms with Crippen molar-refractivity contribution in [2.75, 3.05) is 6.61 Å². The fourth-order valence-corrected chi connectivity index (χ4v) is 3.20. The number of hydrogen-bond acceptors (Lipinski definition) is 3. The molecule has 102 valence electrons. The Hall–Kier alpha value is -1.47. The minimum Gasteiger partial charge on any atom is -0.492 e. The van der Waals surface area contributed by atoms with Crippen molar-refractivity contribution < 1.29 is 9.53 Å². The average Bonchev–Trinajstić information content (AvgIpc) is 2.88. The van der Waals surface area contributed by atoms with Crippen molar-refractivity contribution in [2.24, 2.45) is 0 Å². The standard InChI is InChI=1S/C15H19NO2S/c1-3-15(9-6-5-7-10-15)16-14(17)13-12(18-4-2)8-11-19-13/h1,8,11H,4-7,9-10H2,2H3,(H,16,17). The molecule has 1 aromatic heterocycles. The van der Waals surface area contributed by atoms with Gasteiger partial charge in [-0.2, -0.15) is 0 Å². The highest BCUT2D eigenvalue weighted by molar-refractivity contribution is 7.12. The number of nitrogens with one attached hydrogen (secondary N) is 1. The Morgan fingerprint density at radius 3 is 2.89 bits per heavy atom. The molecule has 4 heteroatoms. The molecule has 0 aromatic carbocycles. The lowest BCUT2D eigenvalue weighted by Crippen LogP contribution is -2.48. The van der Waals surface area contributed by atoms with Crippen molar-refractivity contribution in [3.63, 3.8) is 0 Å². The van der Waals surface area contributed by atoms with Crippen LogP contribution in [0.4, 0.5) is 0 Å². The Morgan fingerprint density at radius 2 is 2.26 bits per heavy atom. The minimum atomic E-state index is -0.469. The number of thiophene rings is 1. The van der Waals surface area contributed by atoms with Gasteiger partial charge in [-0.25, -0.2) is 0 Å². The van der Waals surface area contributed by atoms with Crippen molar-refractivity contribution >= 4 is 17.2 Å². The zero-order chi connectivity index (χ0) is 13.7. The molecule has 1 aromatic rings. The van der Waals surface area contributed by atoms with Crippen LogP contribution >= 0.6 is 11.3 Å². The first kappa shape index (κ1) is 14.0. The number of terminal acetylenes is 1. The van der Waals surface area contributed by atoms with Gasteiger partial charge in [-0.3, -0.25) is 4.79 Å². The van der Waals surface area contributed by atoms with E-state index in [4.69, 9.17) is 11.2 Å². The van der Waals surface area contributed by atoms with Gasteiger partial charge in [0, 0.05) is 0 Å². The number of amides is 1. The van der Waals surface area contributed by atoms with Gasteiger partial charge in [-0.1, -0.05) is 25.2 Å². The molecular weight excluding hydrogens is 258 g/mol. The number of rotatable bonds is 4. The Balaban J connectivity index is 2.11. The van der Waals surface area contributed by atoms with Crippen LogP contribution in [0.3, 0.4) is 0 Å². The summed E-state index contributed by atoms with van der Waals surface area (Å²) in [7, 11) is 0. The van der Waals surface area contributed by atoms with Crippen LogP contribution in [0.25, 0.3) is 0 Å². The smallest absolute Gasteiger partial charge is 0.266 e. The van der Waals surface area contributed by atoms with Crippen molar-refractivity contribution in [2.45, 2.75) is 44.6 Å². The summed E-state index contributed by atoms with van der Waals surface area (Å²) >= 11 is 1.39. The van der Waals surface area contributed by atoms with Gasteiger partial charge in [0.25, 0.3) is 5.91 Å². The number of ether oxygens (including phenoxy) is 1. The molecular formula is C15H19NO2S. The number of hydrogen-bond donors (Lipinski definition) is 1. The van der Waals surface area contributed by atoms with Gasteiger partial charge >= 0.3 is 0 Å². The topological polar surface area (TPSA) is 38.3 Å². The lowest BCUT2D eigenvalue weighted by atomic mass is 9.82. The molecule has 1 aliphatic rings. The highest BCUT2D eigenvalue weighted by Gasteiger charge is 2.32. The van der Waals surface area contributed by atoms with Crippen LogP contribution in [-0.2, 0) is 0 Å². The maximum atomic E-state index is 12.4. The largest absolute Gasteiger partial charge is 0.492 e. The van der Waals surface area contributed by atoms with Crippen LogP contribution in [0, 0.1) is 12.3 Å². The number of carbonyl (C=O) groups excluding carboxylic acids is 1. The second kappa shape index (κ2) is 6.12. The van der Waals surface area contributed by atoms with Crippen LogP contribution in [0.1, 0.15) is 48.7 Å². The molecule has 0 aliphatic heterocycles. The summed E-state index contributed by atoms with van der Waals surface area (Å²) < 4.78 is 5.45. The predicted octanol–water partition coefficient (Wildman–Crippen LogP) is 3.21. The van der Waals surface area contributed by atoms with E-state index in [1.807, 2.05) is 18.4 Å². The van der Waals surface area contributed by atoms with Crippen LogP contribution in [0.15, 0.2) is 11.4 Å². The van der Waals surface area contributed by atoms with E-state index in [0.29, 0.717) is 17.2 Å². The highest BCUT2D eigenvalue weighted by Crippen LogP contribution is 2.30. The summed E-state index contributed by atoms with van der Waals surface area (Å²) in [6.07, 6.45) is 10.7. The average molecular weight is 277 g/mol. The summed E-state index contributed by atoms with van der Waals surface area (Å²) in [5, 5.41) is 4.90. The van der Waals surface area contributed by atoms with Crippen LogP contribution in [-0.4, -0.2) is 18.1 Å². The lowest BCUT2D eigenvalue weighted by Gasteiger charge is -2.33. The van der Waals surface area contributed by atoms with Gasteiger partial charge in [0.05, 0.1) is 6.61 Å². The Bertz CT molecular complexity index is 481. The molecule has 0 spiro atoms. The zero-order valence-corrected chi connectivity index (χ0v) is 12.0. The van der Waals surface area contributed by atoms with Gasteiger partial charge < -0.3 is 10.1 Å². The molecule has 1 fully saturated rings. The Kier molecular flexibility index (Phi) is 4.49.